The zero-order valence-electron chi connectivity index (χ0n) is 30.5. The highest BCUT2D eigenvalue weighted by Crippen LogP contribution is 2.46. The van der Waals surface area contributed by atoms with Gasteiger partial charge in [0.1, 0.15) is 24.0 Å². The first kappa shape index (κ1) is 35.8. The molecule has 2 N–H and O–H groups in total. The average Bonchev–Trinajstić information content (AvgIpc) is 3.80. The lowest BCUT2D eigenvalue weighted by Crippen LogP contribution is -2.50. The number of nitrogens with one attached hydrogen (secondary N) is 2. The van der Waals surface area contributed by atoms with Crippen molar-refractivity contribution in [3.05, 3.63) is 30.0 Å². The fourth-order valence-electron chi connectivity index (χ4n) is 10.00. The molecule has 1 spiro atoms. The number of halogens is 1. The first-order valence-corrected chi connectivity index (χ1v) is 19.5. The van der Waals surface area contributed by atoms with Gasteiger partial charge in [-0.15, -0.1) is 0 Å². The molecule has 1 unspecified atom stereocenters. The van der Waals surface area contributed by atoms with Crippen LogP contribution in [0.3, 0.4) is 0 Å². The van der Waals surface area contributed by atoms with Crippen LogP contribution in [0.2, 0.25) is 0 Å². The van der Waals surface area contributed by atoms with E-state index >= 15 is 0 Å². The van der Waals surface area contributed by atoms with Crippen molar-refractivity contribution in [3.8, 4) is 0 Å². The van der Waals surface area contributed by atoms with Crippen molar-refractivity contribution in [2.75, 3.05) is 18.5 Å². The predicted octanol–water partition coefficient (Wildman–Crippen LogP) is 7.83. The molecule has 4 fully saturated rings. The molecule has 10 nitrogen and oxygen atoms in total. The number of likely N-dealkylation sites (tertiary alicyclic amines) is 1. The Balaban J connectivity index is 1.06. The number of benzene rings is 1. The second-order valence-corrected chi connectivity index (χ2v) is 16.9. The Bertz CT molecular complexity index is 1630. The van der Waals surface area contributed by atoms with Gasteiger partial charge in [0.05, 0.1) is 11.6 Å². The Morgan fingerprint density at radius 2 is 1.67 bits per heavy atom. The first-order chi connectivity index (χ1) is 24.5. The van der Waals surface area contributed by atoms with Gasteiger partial charge >= 0.3 is 12.1 Å². The number of anilines is 1. The molecule has 11 heteroatoms. The summed E-state index contributed by atoms with van der Waals surface area (Å²) < 4.78 is 27.5. The van der Waals surface area contributed by atoms with Gasteiger partial charge in [-0.3, -0.25) is 14.2 Å². The van der Waals surface area contributed by atoms with Crippen LogP contribution in [0.5, 0.6) is 0 Å². The van der Waals surface area contributed by atoms with Crippen molar-refractivity contribution in [1.29, 1.82) is 0 Å². The molecule has 3 aliphatic carbocycles. The Hall–Kier alpha value is -3.63. The largest absolute Gasteiger partial charge is 0.444 e. The van der Waals surface area contributed by atoms with E-state index in [-0.39, 0.29) is 35.5 Å². The number of hydrogen-bond donors (Lipinski definition) is 2. The second kappa shape index (κ2) is 14.4. The van der Waals surface area contributed by atoms with Crippen LogP contribution in [-0.2, 0) is 24.8 Å². The summed E-state index contributed by atoms with van der Waals surface area (Å²) >= 11 is 0. The monoisotopic (exact) mass is 706 g/mol. The van der Waals surface area contributed by atoms with E-state index in [2.05, 4.69) is 15.2 Å². The van der Waals surface area contributed by atoms with Gasteiger partial charge in [0.2, 0.25) is 11.8 Å². The fourth-order valence-corrected chi connectivity index (χ4v) is 10.00. The molecule has 5 aliphatic rings. The van der Waals surface area contributed by atoms with E-state index in [0.717, 1.165) is 75.1 Å². The molecule has 2 aromatic rings. The van der Waals surface area contributed by atoms with E-state index in [4.69, 9.17) is 9.47 Å². The van der Waals surface area contributed by atoms with Crippen molar-refractivity contribution in [2.45, 2.75) is 140 Å². The molecular weight excluding hydrogens is 651 g/mol. The van der Waals surface area contributed by atoms with E-state index in [9.17, 15) is 23.6 Å². The summed E-state index contributed by atoms with van der Waals surface area (Å²) in [4.78, 5) is 55.7. The Labute approximate surface area is 300 Å². The molecule has 3 amide bonds. The molecule has 0 bridgehead atoms. The van der Waals surface area contributed by atoms with Crippen LogP contribution in [0.4, 0.5) is 14.9 Å². The number of nitrogens with zero attached hydrogens (tertiary/aromatic N) is 2. The normalized spacial score (nSPS) is 27.2. The quantitative estimate of drug-likeness (QED) is 0.284. The van der Waals surface area contributed by atoms with Crippen LogP contribution >= 0.6 is 0 Å². The zero-order valence-corrected chi connectivity index (χ0v) is 30.5. The van der Waals surface area contributed by atoms with Gasteiger partial charge < -0.3 is 25.0 Å². The molecule has 3 heterocycles. The summed E-state index contributed by atoms with van der Waals surface area (Å²) in [6, 6.07) is 6.48. The molecule has 1 saturated heterocycles. The van der Waals surface area contributed by atoms with E-state index in [1.165, 1.54) is 6.42 Å². The van der Waals surface area contributed by atoms with Crippen LogP contribution < -0.4 is 10.6 Å². The second-order valence-electron chi connectivity index (χ2n) is 16.9. The van der Waals surface area contributed by atoms with E-state index in [0.29, 0.717) is 49.5 Å². The van der Waals surface area contributed by atoms with Gasteiger partial charge in [0.15, 0.2) is 5.72 Å². The minimum atomic E-state index is -0.692. The summed E-state index contributed by atoms with van der Waals surface area (Å²) in [5, 5.41) is 6.79. The fraction of sp³-hybridized carbons (Fsp3) is 0.700. The number of ether oxygens (including phenoxy) is 2. The number of amides is 3. The van der Waals surface area contributed by atoms with Crippen LogP contribution in [-0.4, -0.2) is 64.2 Å². The lowest BCUT2D eigenvalue weighted by atomic mass is 9.76. The van der Waals surface area contributed by atoms with Crippen molar-refractivity contribution in [2.24, 2.45) is 23.7 Å². The first-order valence-electron chi connectivity index (χ1n) is 19.5. The molecule has 1 aromatic heterocycles. The number of carbonyl (C=O) groups excluding carboxylic acids is 4. The highest BCUT2D eigenvalue weighted by atomic mass is 19.1. The van der Waals surface area contributed by atoms with Crippen molar-refractivity contribution in [1.82, 2.24) is 14.8 Å². The van der Waals surface area contributed by atoms with Crippen LogP contribution in [0, 0.1) is 23.7 Å². The third kappa shape index (κ3) is 7.23. The number of fused-ring (bicyclic) bond motifs is 4. The minimum Gasteiger partial charge on any atom is -0.444 e. The van der Waals surface area contributed by atoms with Crippen molar-refractivity contribution >= 4 is 40.5 Å². The SMILES string of the molecule is CC(C)(C)OC(=O)NC(CF)C1CCC(C(=O)N2CC[C@@H](C3CCCCC3)[C@H]2C(=O)Nc2ccc3c(c2)cc2n3C3(CCCCC3)OC2=O)CC1. The van der Waals surface area contributed by atoms with Gasteiger partial charge in [-0.25, -0.2) is 14.0 Å². The lowest BCUT2D eigenvalue weighted by Gasteiger charge is -2.37. The van der Waals surface area contributed by atoms with Gasteiger partial charge in [0, 0.05) is 36.4 Å². The van der Waals surface area contributed by atoms with Gasteiger partial charge in [-0.1, -0.05) is 38.5 Å². The van der Waals surface area contributed by atoms with Crippen LogP contribution in [0.25, 0.3) is 10.9 Å². The number of rotatable bonds is 7. The van der Waals surface area contributed by atoms with Crippen molar-refractivity contribution in [3.63, 3.8) is 0 Å². The highest BCUT2D eigenvalue weighted by molar-refractivity contribution is 6.02. The number of alkyl halides is 1. The van der Waals surface area contributed by atoms with E-state index < -0.39 is 36.2 Å². The molecule has 278 valence electrons. The summed E-state index contributed by atoms with van der Waals surface area (Å²) in [6.07, 6.45) is 13.1. The number of aromatic nitrogens is 1. The van der Waals surface area contributed by atoms with Crippen LogP contribution in [0.1, 0.15) is 128 Å². The van der Waals surface area contributed by atoms with Gasteiger partial charge in [0.25, 0.3) is 0 Å². The smallest absolute Gasteiger partial charge is 0.407 e. The molecule has 7 rings (SSSR count). The number of hydrogen-bond acceptors (Lipinski definition) is 6. The minimum absolute atomic E-state index is 0.0133. The lowest BCUT2D eigenvalue weighted by molar-refractivity contribution is -0.142. The Morgan fingerprint density at radius 3 is 2.35 bits per heavy atom. The summed E-state index contributed by atoms with van der Waals surface area (Å²) in [5.74, 6) is -0.250. The van der Waals surface area contributed by atoms with Crippen LogP contribution in [0.15, 0.2) is 24.3 Å². The number of carbonyl (C=O) groups is 4. The number of esters is 1. The standard InChI is InChI=1S/C40H55FN4O6/c1-39(2,3)51-38(49)43-31(24-41)26-12-14-27(15-13-26)36(47)44-21-18-30(25-10-6-4-7-11-25)34(44)35(46)42-29-16-17-32-28(22-29)23-33-37(48)50-40(45(32)33)19-8-5-9-20-40/h16-17,22-23,25-27,30-31,34H,4-15,18-21,24H2,1-3H3,(H,42,46)(H,43,49)/t26?,27?,30-,31?,34-/m0/s1. The molecule has 2 aliphatic heterocycles. The zero-order chi connectivity index (χ0) is 35.9. The maximum absolute atomic E-state index is 14.3. The molecule has 3 saturated carbocycles. The van der Waals surface area contributed by atoms with Crippen molar-refractivity contribution < 1.29 is 33.0 Å². The number of alkyl carbamates (subject to hydrolysis) is 1. The summed E-state index contributed by atoms with van der Waals surface area (Å²) in [6.45, 7) is 5.18. The Morgan fingerprint density at radius 1 is 0.961 bits per heavy atom. The summed E-state index contributed by atoms with van der Waals surface area (Å²) in [5.41, 5.74) is 0.857. The summed E-state index contributed by atoms with van der Waals surface area (Å²) in [7, 11) is 0. The van der Waals surface area contributed by atoms with E-state index in [1.54, 1.807) is 20.8 Å². The highest BCUT2D eigenvalue weighted by Gasteiger charge is 2.48. The average molecular weight is 707 g/mol. The third-order valence-electron chi connectivity index (χ3n) is 12.4. The molecule has 3 atom stereocenters. The van der Waals surface area contributed by atoms with Gasteiger partial charge in [-0.2, -0.15) is 0 Å². The van der Waals surface area contributed by atoms with Gasteiger partial charge in [-0.05, 0) is 108 Å². The molecule has 1 aromatic carbocycles. The Kier molecular flexibility index (Phi) is 10.1. The maximum Gasteiger partial charge on any atom is 0.407 e. The third-order valence-corrected chi connectivity index (χ3v) is 12.4. The maximum atomic E-state index is 14.3. The topological polar surface area (TPSA) is 119 Å². The molecule has 51 heavy (non-hydrogen) atoms. The molecular formula is C40H55FN4O6. The molecule has 0 radical (unpaired) electrons. The van der Waals surface area contributed by atoms with E-state index in [1.807, 2.05) is 29.2 Å². The predicted molar refractivity (Wildman–Crippen MR) is 192 cm³/mol.